The van der Waals surface area contributed by atoms with Gasteiger partial charge in [0.25, 0.3) is 0 Å². The van der Waals surface area contributed by atoms with Crippen molar-refractivity contribution in [3.8, 4) is 0 Å². The Morgan fingerprint density at radius 3 is 2.57 bits per heavy atom. The Labute approximate surface area is 140 Å². The van der Waals surface area contributed by atoms with E-state index < -0.39 is 0 Å². The molecule has 128 valence electrons. The molecule has 0 bridgehead atoms. The second-order valence-corrected chi connectivity index (χ2v) is 7.12. The molecule has 0 radical (unpaired) electrons. The number of morpholine rings is 1. The molecule has 23 heavy (non-hydrogen) atoms. The Morgan fingerprint density at radius 2 is 1.87 bits per heavy atom. The average Bonchev–Trinajstić information content (AvgIpc) is 2.57. The standard InChI is InChI=1S/C19H31N3O/c1-16-6-9-22(10-7-16)19-5-4-17(15-18(19)20)3-2-8-21-11-13-23-14-12-21/h4-5,15-16H,2-3,6-14,20H2,1H3. The largest absolute Gasteiger partial charge is 0.397 e. The molecule has 0 saturated carbocycles. The molecule has 1 aromatic rings. The van der Waals surface area contributed by atoms with Crippen LogP contribution < -0.4 is 10.6 Å². The zero-order valence-electron chi connectivity index (χ0n) is 14.5. The molecule has 0 unspecified atom stereocenters. The number of hydrogen-bond acceptors (Lipinski definition) is 4. The van der Waals surface area contributed by atoms with Gasteiger partial charge in [-0.05, 0) is 55.8 Å². The fraction of sp³-hybridized carbons (Fsp3) is 0.684. The summed E-state index contributed by atoms with van der Waals surface area (Å²) in [6.07, 6.45) is 4.86. The monoisotopic (exact) mass is 317 g/mol. The van der Waals surface area contributed by atoms with Crippen LogP contribution in [0.5, 0.6) is 0 Å². The number of nitrogen functional groups attached to an aromatic ring is 1. The smallest absolute Gasteiger partial charge is 0.0600 e. The first-order valence-electron chi connectivity index (χ1n) is 9.16. The molecule has 2 heterocycles. The normalized spacial score (nSPS) is 20.8. The summed E-state index contributed by atoms with van der Waals surface area (Å²) < 4.78 is 5.39. The van der Waals surface area contributed by atoms with E-state index in [1.807, 2.05) is 0 Å². The molecule has 0 amide bonds. The lowest BCUT2D eigenvalue weighted by atomic mass is 9.98. The SMILES string of the molecule is CC1CCN(c2ccc(CCCN3CCOCC3)cc2N)CC1. The van der Waals surface area contributed by atoms with Crippen molar-refractivity contribution in [3.05, 3.63) is 23.8 Å². The van der Waals surface area contributed by atoms with Crippen LogP contribution in [0, 0.1) is 5.92 Å². The fourth-order valence-corrected chi connectivity index (χ4v) is 3.63. The van der Waals surface area contributed by atoms with E-state index in [1.165, 1.54) is 30.5 Å². The maximum atomic E-state index is 6.33. The summed E-state index contributed by atoms with van der Waals surface area (Å²) in [5.41, 5.74) is 9.88. The van der Waals surface area contributed by atoms with E-state index in [0.29, 0.717) is 0 Å². The van der Waals surface area contributed by atoms with E-state index in [4.69, 9.17) is 10.5 Å². The van der Waals surface area contributed by atoms with Gasteiger partial charge in [-0.2, -0.15) is 0 Å². The molecule has 2 aliphatic heterocycles. The lowest BCUT2D eigenvalue weighted by Gasteiger charge is -2.33. The van der Waals surface area contributed by atoms with Gasteiger partial charge in [-0.15, -0.1) is 0 Å². The summed E-state index contributed by atoms with van der Waals surface area (Å²) in [6.45, 7) is 9.71. The minimum atomic E-state index is 0.854. The summed E-state index contributed by atoms with van der Waals surface area (Å²) in [6, 6.07) is 6.69. The van der Waals surface area contributed by atoms with E-state index >= 15 is 0 Å². The molecule has 3 rings (SSSR count). The van der Waals surface area contributed by atoms with Crippen LogP contribution in [0.15, 0.2) is 18.2 Å². The zero-order chi connectivity index (χ0) is 16.1. The second-order valence-electron chi connectivity index (χ2n) is 7.12. The van der Waals surface area contributed by atoms with Gasteiger partial charge in [0, 0.05) is 26.2 Å². The summed E-state index contributed by atoms with van der Waals surface area (Å²) in [5.74, 6) is 0.854. The first kappa shape index (κ1) is 16.6. The van der Waals surface area contributed by atoms with Crippen LogP contribution in [-0.4, -0.2) is 50.8 Å². The number of piperidine rings is 1. The molecule has 0 atom stereocenters. The molecule has 2 aliphatic rings. The Balaban J connectivity index is 1.50. The average molecular weight is 317 g/mol. The van der Waals surface area contributed by atoms with Gasteiger partial charge < -0.3 is 15.4 Å². The lowest BCUT2D eigenvalue weighted by molar-refractivity contribution is 0.0375. The summed E-state index contributed by atoms with van der Waals surface area (Å²) in [4.78, 5) is 4.95. The number of nitrogens with zero attached hydrogens (tertiary/aromatic N) is 2. The van der Waals surface area contributed by atoms with Crippen molar-refractivity contribution in [1.29, 1.82) is 0 Å². The van der Waals surface area contributed by atoms with Crippen molar-refractivity contribution in [2.24, 2.45) is 5.92 Å². The van der Waals surface area contributed by atoms with Gasteiger partial charge in [0.2, 0.25) is 0 Å². The molecular weight excluding hydrogens is 286 g/mol. The number of nitrogens with two attached hydrogens (primary N) is 1. The highest BCUT2D eigenvalue weighted by molar-refractivity contribution is 5.68. The molecule has 2 fully saturated rings. The number of rotatable bonds is 5. The van der Waals surface area contributed by atoms with Gasteiger partial charge in [-0.3, -0.25) is 4.90 Å². The predicted octanol–water partition coefficient (Wildman–Crippen LogP) is 2.77. The Bertz CT molecular complexity index is 491. The van der Waals surface area contributed by atoms with Gasteiger partial charge in [0.15, 0.2) is 0 Å². The first-order chi connectivity index (χ1) is 11.2. The molecule has 0 aliphatic carbocycles. The molecule has 4 nitrogen and oxygen atoms in total. The van der Waals surface area contributed by atoms with Crippen LogP contribution in [0.25, 0.3) is 0 Å². The molecule has 0 aromatic heterocycles. The van der Waals surface area contributed by atoms with Crippen molar-refractivity contribution in [3.63, 3.8) is 0 Å². The third kappa shape index (κ3) is 4.61. The van der Waals surface area contributed by atoms with Gasteiger partial charge in [-0.1, -0.05) is 13.0 Å². The molecule has 2 saturated heterocycles. The fourth-order valence-electron chi connectivity index (χ4n) is 3.63. The van der Waals surface area contributed by atoms with Gasteiger partial charge in [0.1, 0.15) is 0 Å². The highest BCUT2D eigenvalue weighted by Crippen LogP contribution is 2.29. The van der Waals surface area contributed by atoms with Crippen molar-refractivity contribution in [2.45, 2.75) is 32.6 Å². The van der Waals surface area contributed by atoms with Gasteiger partial charge >= 0.3 is 0 Å². The van der Waals surface area contributed by atoms with Gasteiger partial charge in [0.05, 0.1) is 24.6 Å². The number of aryl methyl sites for hydroxylation is 1. The van der Waals surface area contributed by atoms with E-state index in [-0.39, 0.29) is 0 Å². The topological polar surface area (TPSA) is 41.7 Å². The van der Waals surface area contributed by atoms with E-state index in [0.717, 1.165) is 64.0 Å². The quantitative estimate of drug-likeness (QED) is 0.848. The van der Waals surface area contributed by atoms with Crippen molar-refractivity contribution < 1.29 is 4.74 Å². The molecule has 1 aromatic carbocycles. The Kier molecular flexibility index (Phi) is 5.79. The van der Waals surface area contributed by atoms with E-state index in [1.54, 1.807) is 0 Å². The zero-order valence-corrected chi connectivity index (χ0v) is 14.5. The lowest BCUT2D eigenvalue weighted by Crippen LogP contribution is -2.36. The molecule has 4 heteroatoms. The predicted molar refractivity (Wildman–Crippen MR) is 97.0 cm³/mol. The van der Waals surface area contributed by atoms with E-state index in [2.05, 4.69) is 34.9 Å². The molecule has 2 N–H and O–H groups in total. The second kappa shape index (κ2) is 8.02. The van der Waals surface area contributed by atoms with Crippen molar-refractivity contribution >= 4 is 11.4 Å². The maximum Gasteiger partial charge on any atom is 0.0600 e. The van der Waals surface area contributed by atoms with Crippen LogP contribution in [0.3, 0.4) is 0 Å². The van der Waals surface area contributed by atoms with Crippen molar-refractivity contribution in [1.82, 2.24) is 4.90 Å². The molecular formula is C19H31N3O. The third-order valence-electron chi connectivity index (χ3n) is 5.26. The van der Waals surface area contributed by atoms with Crippen LogP contribution in [0.2, 0.25) is 0 Å². The summed E-state index contributed by atoms with van der Waals surface area (Å²) in [5, 5.41) is 0. The summed E-state index contributed by atoms with van der Waals surface area (Å²) in [7, 11) is 0. The van der Waals surface area contributed by atoms with Crippen LogP contribution in [0.4, 0.5) is 11.4 Å². The highest BCUT2D eigenvalue weighted by Gasteiger charge is 2.17. The van der Waals surface area contributed by atoms with Gasteiger partial charge in [-0.25, -0.2) is 0 Å². The minimum Gasteiger partial charge on any atom is -0.397 e. The maximum absolute atomic E-state index is 6.33. The third-order valence-corrected chi connectivity index (χ3v) is 5.26. The van der Waals surface area contributed by atoms with Crippen molar-refractivity contribution in [2.75, 3.05) is 56.6 Å². The number of ether oxygens (including phenoxy) is 1. The summed E-state index contributed by atoms with van der Waals surface area (Å²) >= 11 is 0. The highest BCUT2D eigenvalue weighted by atomic mass is 16.5. The number of anilines is 2. The first-order valence-corrected chi connectivity index (χ1v) is 9.16. The Hall–Kier alpha value is -1.26. The van der Waals surface area contributed by atoms with Crippen LogP contribution in [-0.2, 0) is 11.2 Å². The number of benzene rings is 1. The minimum absolute atomic E-state index is 0.854. The number of hydrogen-bond donors (Lipinski definition) is 1. The van der Waals surface area contributed by atoms with E-state index in [9.17, 15) is 0 Å². The molecule has 0 spiro atoms. The Morgan fingerprint density at radius 1 is 1.13 bits per heavy atom. The van der Waals surface area contributed by atoms with Crippen LogP contribution in [0.1, 0.15) is 31.7 Å². The van der Waals surface area contributed by atoms with Crippen LogP contribution >= 0.6 is 0 Å².